The molecule has 1 aliphatic rings. The molecule has 6 nitrogen and oxygen atoms in total. The number of carbonyl (C=O) groups excluding carboxylic acids is 1. The normalized spacial score (nSPS) is 18.7. The second-order valence-electron chi connectivity index (χ2n) is 7.76. The molecular formula is C23H20F3N5O. The van der Waals surface area contributed by atoms with Gasteiger partial charge in [0.25, 0.3) is 5.91 Å². The molecule has 164 valence electrons. The number of pyridine rings is 2. The number of hydrogen-bond donors (Lipinski definition) is 2. The van der Waals surface area contributed by atoms with Crippen molar-refractivity contribution in [1.82, 2.24) is 15.3 Å². The van der Waals surface area contributed by atoms with Gasteiger partial charge in [0.05, 0.1) is 5.52 Å². The predicted octanol–water partition coefficient (Wildman–Crippen LogP) is 4.67. The minimum atomic E-state index is -4.53. The Bertz CT molecular complexity index is 1180. The van der Waals surface area contributed by atoms with Crippen molar-refractivity contribution >= 4 is 22.5 Å². The summed E-state index contributed by atoms with van der Waals surface area (Å²) in [5, 5.41) is 15.8. The number of amides is 1. The van der Waals surface area contributed by atoms with Crippen molar-refractivity contribution in [2.24, 2.45) is 0 Å². The van der Waals surface area contributed by atoms with Gasteiger partial charge >= 0.3 is 6.18 Å². The third-order valence-electron chi connectivity index (χ3n) is 5.52. The third-order valence-corrected chi connectivity index (χ3v) is 5.52. The first kappa shape index (κ1) is 21.6. The van der Waals surface area contributed by atoms with Crippen molar-refractivity contribution in [2.75, 3.05) is 5.32 Å². The van der Waals surface area contributed by atoms with Crippen LogP contribution in [0.15, 0.2) is 48.5 Å². The van der Waals surface area contributed by atoms with Crippen LogP contribution in [-0.4, -0.2) is 28.0 Å². The number of benzene rings is 1. The molecule has 1 saturated carbocycles. The minimum Gasteiger partial charge on any atom is -0.382 e. The van der Waals surface area contributed by atoms with E-state index >= 15 is 0 Å². The number of para-hydroxylation sites is 1. The summed E-state index contributed by atoms with van der Waals surface area (Å²) >= 11 is 0. The molecule has 0 spiro atoms. The minimum absolute atomic E-state index is 0.0184. The molecule has 0 radical (unpaired) electrons. The summed E-state index contributed by atoms with van der Waals surface area (Å²) in [4.78, 5) is 20.2. The predicted molar refractivity (Wildman–Crippen MR) is 113 cm³/mol. The van der Waals surface area contributed by atoms with Crippen molar-refractivity contribution in [1.29, 1.82) is 5.26 Å². The van der Waals surface area contributed by atoms with Gasteiger partial charge in [0, 0.05) is 23.2 Å². The van der Waals surface area contributed by atoms with Gasteiger partial charge in [-0.2, -0.15) is 18.4 Å². The monoisotopic (exact) mass is 439 g/mol. The van der Waals surface area contributed by atoms with Crippen LogP contribution in [-0.2, 0) is 6.18 Å². The Kier molecular flexibility index (Phi) is 5.95. The van der Waals surface area contributed by atoms with Gasteiger partial charge < -0.3 is 10.6 Å². The van der Waals surface area contributed by atoms with Gasteiger partial charge in [-0.25, -0.2) is 9.97 Å². The van der Waals surface area contributed by atoms with E-state index in [-0.39, 0.29) is 34.9 Å². The Morgan fingerprint density at radius 3 is 2.44 bits per heavy atom. The van der Waals surface area contributed by atoms with Crippen LogP contribution in [0.2, 0.25) is 0 Å². The van der Waals surface area contributed by atoms with Gasteiger partial charge in [0.15, 0.2) is 0 Å². The molecule has 1 aliphatic carbocycles. The van der Waals surface area contributed by atoms with Gasteiger partial charge in [-0.05, 0) is 49.9 Å². The summed E-state index contributed by atoms with van der Waals surface area (Å²) < 4.78 is 39.8. The van der Waals surface area contributed by atoms with Crippen LogP contribution in [0.4, 0.5) is 18.9 Å². The smallest absolute Gasteiger partial charge is 0.382 e. The maximum absolute atomic E-state index is 13.3. The van der Waals surface area contributed by atoms with Gasteiger partial charge in [0.2, 0.25) is 0 Å². The summed E-state index contributed by atoms with van der Waals surface area (Å²) in [5.41, 5.74) is 0.137. The first-order chi connectivity index (χ1) is 15.3. The number of nitriles is 1. The highest BCUT2D eigenvalue weighted by atomic mass is 19.4. The summed E-state index contributed by atoms with van der Waals surface area (Å²) in [6.45, 7) is 0. The average molecular weight is 439 g/mol. The fourth-order valence-corrected chi connectivity index (χ4v) is 3.92. The number of nitrogens with zero attached hydrogens (tertiary/aromatic N) is 3. The molecule has 0 unspecified atom stereocenters. The Labute approximate surface area is 182 Å². The number of halogens is 3. The SMILES string of the molecule is N#Cc1cccc(C(=O)NC2CCC(Nc3cc(C(F)(F)F)nc4ccccc34)CC2)n1. The van der Waals surface area contributed by atoms with E-state index in [2.05, 4.69) is 20.6 Å². The number of fused-ring (bicyclic) bond motifs is 1. The molecule has 1 fully saturated rings. The highest BCUT2D eigenvalue weighted by molar-refractivity contribution is 5.93. The van der Waals surface area contributed by atoms with Gasteiger partial charge in [-0.3, -0.25) is 4.79 Å². The molecule has 9 heteroatoms. The van der Waals surface area contributed by atoms with Gasteiger partial charge in [-0.15, -0.1) is 0 Å². The topological polar surface area (TPSA) is 90.7 Å². The maximum Gasteiger partial charge on any atom is 0.433 e. The van der Waals surface area contributed by atoms with E-state index in [1.54, 1.807) is 36.4 Å². The largest absolute Gasteiger partial charge is 0.433 e. The molecule has 1 aromatic carbocycles. The van der Waals surface area contributed by atoms with Crippen molar-refractivity contribution in [3.05, 3.63) is 65.6 Å². The molecule has 2 aromatic heterocycles. The van der Waals surface area contributed by atoms with Gasteiger partial charge in [-0.1, -0.05) is 24.3 Å². The number of nitrogens with one attached hydrogen (secondary N) is 2. The fraction of sp³-hybridized carbons (Fsp3) is 0.304. The van der Waals surface area contributed by atoms with E-state index in [1.807, 2.05) is 6.07 Å². The molecule has 0 atom stereocenters. The number of anilines is 1. The lowest BCUT2D eigenvalue weighted by Crippen LogP contribution is -2.40. The van der Waals surface area contributed by atoms with E-state index < -0.39 is 11.9 Å². The number of alkyl halides is 3. The first-order valence-electron chi connectivity index (χ1n) is 10.2. The molecule has 3 aromatic rings. The molecule has 0 aliphatic heterocycles. The summed E-state index contributed by atoms with van der Waals surface area (Å²) in [6.07, 6.45) is -1.80. The molecule has 2 heterocycles. The molecule has 0 saturated heterocycles. The fourth-order valence-electron chi connectivity index (χ4n) is 3.92. The second kappa shape index (κ2) is 8.83. The Morgan fingerprint density at radius 2 is 1.72 bits per heavy atom. The Hall–Kier alpha value is -3.67. The highest BCUT2D eigenvalue weighted by Crippen LogP contribution is 2.34. The van der Waals surface area contributed by atoms with Crippen molar-refractivity contribution in [3.63, 3.8) is 0 Å². The molecule has 0 bridgehead atoms. The van der Waals surface area contributed by atoms with Crippen molar-refractivity contribution in [3.8, 4) is 6.07 Å². The van der Waals surface area contributed by atoms with Crippen LogP contribution >= 0.6 is 0 Å². The summed E-state index contributed by atoms with van der Waals surface area (Å²) in [6, 6.07) is 14.3. The van der Waals surface area contributed by atoms with E-state index in [4.69, 9.17) is 5.26 Å². The molecule has 2 N–H and O–H groups in total. The maximum atomic E-state index is 13.3. The lowest BCUT2D eigenvalue weighted by Gasteiger charge is -2.30. The number of rotatable bonds is 4. The first-order valence-corrected chi connectivity index (χ1v) is 10.2. The number of aromatic nitrogens is 2. The number of hydrogen-bond acceptors (Lipinski definition) is 5. The van der Waals surface area contributed by atoms with E-state index in [1.165, 1.54) is 6.07 Å². The zero-order valence-corrected chi connectivity index (χ0v) is 17.0. The zero-order valence-electron chi connectivity index (χ0n) is 17.0. The lowest BCUT2D eigenvalue weighted by atomic mass is 9.90. The Morgan fingerprint density at radius 1 is 1.00 bits per heavy atom. The van der Waals surface area contributed by atoms with Gasteiger partial charge in [0.1, 0.15) is 23.2 Å². The lowest BCUT2D eigenvalue weighted by molar-refractivity contribution is -0.140. The highest BCUT2D eigenvalue weighted by Gasteiger charge is 2.34. The Balaban J connectivity index is 1.41. The van der Waals surface area contributed by atoms with E-state index in [9.17, 15) is 18.0 Å². The van der Waals surface area contributed by atoms with Crippen LogP contribution in [0, 0.1) is 11.3 Å². The van der Waals surface area contributed by atoms with Crippen LogP contribution < -0.4 is 10.6 Å². The van der Waals surface area contributed by atoms with Crippen LogP contribution in [0.3, 0.4) is 0 Å². The molecule has 32 heavy (non-hydrogen) atoms. The van der Waals surface area contributed by atoms with Crippen molar-refractivity contribution in [2.45, 2.75) is 43.9 Å². The summed E-state index contributed by atoms with van der Waals surface area (Å²) in [5.74, 6) is -0.339. The second-order valence-corrected chi connectivity index (χ2v) is 7.76. The van der Waals surface area contributed by atoms with Crippen LogP contribution in [0.1, 0.15) is 47.6 Å². The quantitative estimate of drug-likeness (QED) is 0.616. The molecule has 4 rings (SSSR count). The third kappa shape index (κ3) is 4.80. The standard InChI is InChI=1S/C23H20F3N5O/c24-23(25,26)21-12-20(17-5-1-2-6-18(17)31-21)28-14-8-10-15(11-9-14)30-22(32)19-7-3-4-16(13-27)29-19/h1-7,12,14-15H,8-11H2,(H,28,31)(H,30,32). The average Bonchev–Trinajstić information content (AvgIpc) is 2.79. The van der Waals surface area contributed by atoms with E-state index in [0.717, 1.165) is 6.07 Å². The molecular weight excluding hydrogens is 419 g/mol. The molecule has 1 amide bonds. The zero-order chi connectivity index (χ0) is 22.7. The van der Waals surface area contributed by atoms with Crippen LogP contribution in [0.25, 0.3) is 10.9 Å². The summed E-state index contributed by atoms with van der Waals surface area (Å²) in [7, 11) is 0. The number of carbonyl (C=O) groups is 1. The van der Waals surface area contributed by atoms with E-state index in [0.29, 0.717) is 36.8 Å². The van der Waals surface area contributed by atoms with Crippen molar-refractivity contribution < 1.29 is 18.0 Å². The van der Waals surface area contributed by atoms with Crippen LogP contribution in [0.5, 0.6) is 0 Å².